The van der Waals surface area contributed by atoms with E-state index in [9.17, 15) is 9.18 Å². The Bertz CT molecular complexity index is 942. The fourth-order valence-corrected chi connectivity index (χ4v) is 2.55. The normalized spacial score (nSPS) is 10.5. The van der Waals surface area contributed by atoms with Crippen LogP contribution in [-0.4, -0.2) is 35.1 Å². The van der Waals surface area contributed by atoms with E-state index in [2.05, 4.69) is 15.4 Å². The van der Waals surface area contributed by atoms with E-state index in [1.54, 1.807) is 37.3 Å². The van der Waals surface area contributed by atoms with Crippen LogP contribution in [0.4, 0.5) is 4.39 Å². The van der Waals surface area contributed by atoms with Crippen molar-refractivity contribution in [2.24, 2.45) is 0 Å². The summed E-state index contributed by atoms with van der Waals surface area (Å²) in [6.45, 7) is 2.03. The molecule has 0 fully saturated rings. The molecule has 8 heteroatoms. The second-order valence-electron chi connectivity index (χ2n) is 5.50. The van der Waals surface area contributed by atoms with Crippen molar-refractivity contribution in [2.45, 2.75) is 13.5 Å². The van der Waals surface area contributed by atoms with Gasteiger partial charge >= 0.3 is 5.97 Å². The molecule has 27 heavy (non-hydrogen) atoms. The Labute approximate surface area is 155 Å². The zero-order valence-electron chi connectivity index (χ0n) is 14.9. The summed E-state index contributed by atoms with van der Waals surface area (Å²) in [6, 6.07) is 11.3. The number of hydrogen-bond acceptors (Lipinski definition) is 6. The lowest BCUT2D eigenvalue weighted by atomic mass is 10.1. The molecular weight excluding hydrogens is 353 g/mol. The Morgan fingerprint density at radius 2 is 2.00 bits per heavy atom. The van der Waals surface area contributed by atoms with E-state index in [4.69, 9.17) is 14.2 Å². The summed E-state index contributed by atoms with van der Waals surface area (Å²) in [5, 5.41) is 10.4. The van der Waals surface area contributed by atoms with Gasteiger partial charge in [-0.05, 0) is 36.8 Å². The molecule has 0 unspecified atom stereocenters. The molecule has 0 radical (unpaired) electrons. The van der Waals surface area contributed by atoms with Gasteiger partial charge in [0.1, 0.15) is 18.1 Å². The summed E-state index contributed by atoms with van der Waals surface area (Å²) in [7, 11) is 1.50. The SMILES string of the molecule is CCOC(=O)c1n[nH]nc1-c1cccc(OC)c1OCc1cccc(F)c1. The quantitative estimate of drug-likeness (QED) is 0.641. The Balaban J connectivity index is 1.97. The first-order valence-corrected chi connectivity index (χ1v) is 8.26. The number of aromatic amines is 1. The third-order valence-corrected chi connectivity index (χ3v) is 3.74. The van der Waals surface area contributed by atoms with Crippen molar-refractivity contribution in [3.63, 3.8) is 0 Å². The maximum atomic E-state index is 13.4. The molecule has 0 saturated heterocycles. The Morgan fingerprint density at radius 3 is 2.74 bits per heavy atom. The number of ether oxygens (including phenoxy) is 3. The third-order valence-electron chi connectivity index (χ3n) is 3.74. The number of rotatable bonds is 7. The van der Waals surface area contributed by atoms with Crippen LogP contribution in [0, 0.1) is 5.82 Å². The largest absolute Gasteiger partial charge is 0.493 e. The molecule has 0 bridgehead atoms. The Hall–Kier alpha value is -3.42. The lowest BCUT2D eigenvalue weighted by molar-refractivity contribution is 0.0520. The number of halogens is 1. The topological polar surface area (TPSA) is 86.3 Å². The number of H-pyrrole nitrogens is 1. The number of nitrogens with zero attached hydrogens (tertiary/aromatic N) is 2. The Morgan fingerprint density at radius 1 is 1.19 bits per heavy atom. The van der Waals surface area contributed by atoms with Crippen LogP contribution in [0.1, 0.15) is 23.0 Å². The Kier molecular flexibility index (Phi) is 5.65. The molecule has 0 aliphatic carbocycles. The van der Waals surface area contributed by atoms with E-state index in [0.717, 1.165) is 0 Å². The predicted molar refractivity (Wildman–Crippen MR) is 95.1 cm³/mol. The fraction of sp³-hybridized carbons (Fsp3) is 0.211. The number of benzene rings is 2. The average molecular weight is 371 g/mol. The zero-order chi connectivity index (χ0) is 19.2. The molecule has 1 heterocycles. The molecule has 0 aliphatic heterocycles. The third kappa shape index (κ3) is 4.05. The summed E-state index contributed by atoms with van der Waals surface area (Å²) < 4.78 is 29.7. The number of carbonyl (C=O) groups excluding carboxylic acids is 1. The van der Waals surface area contributed by atoms with Crippen molar-refractivity contribution in [1.82, 2.24) is 15.4 Å². The second kappa shape index (κ2) is 8.31. The van der Waals surface area contributed by atoms with Crippen LogP contribution in [0.25, 0.3) is 11.3 Å². The van der Waals surface area contributed by atoms with Gasteiger partial charge in [-0.25, -0.2) is 9.18 Å². The predicted octanol–water partition coefficient (Wildman–Crippen LogP) is 3.38. The van der Waals surface area contributed by atoms with E-state index >= 15 is 0 Å². The van der Waals surface area contributed by atoms with Crippen LogP contribution < -0.4 is 9.47 Å². The van der Waals surface area contributed by atoms with Crippen LogP contribution in [0.5, 0.6) is 11.5 Å². The summed E-state index contributed by atoms with van der Waals surface area (Å²) in [5.74, 6) is -0.136. The first-order chi connectivity index (χ1) is 13.1. The maximum absolute atomic E-state index is 13.4. The van der Waals surface area contributed by atoms with Gasteiger partial charge < -0.3 is 14.2 Å². The molecule has 0 saturated carbocycles. The molecule has 1 aromatic heterocycles. The van der Waals surface area contributed by atoms with Crippen molar-refractivity contribution >= 4 is 5.97 Å². The standard InChI is InChI=1S/C19H18FN3O4/c1-3-26-19(24)17-16(21-23-22-17)14-8-5-9-15(25-2)18(14)27-11-12-6-4-7-13(20)10-12/h4-10H,3,11H2,1-2H3,(H,21,22,23). The highest BCUT2D eigenvalue weighted by Crippen LogP contribution is 2.38. The number of hydrogen-bond donors (Lipinski definition) is 1. The molecule has 3 aromatic rings. The van der Waals surface area contributed by atoms with Gasteiger partial charge in [0.2, 0.25) is 0 Å². The molecule has 3 rings (SSSR count). The van der Waals surface area contributed by atoms with Gasteiger partial charge in [-0.1, -0.05) is 18.2 Å². The summed E-state index contributed by atoms with van der Waals surface area (Å²) in [6.07, 6.45) is 0. The van der Waals surface area contributed by atoms with E-state index in [0.29, 0.717) is 22.6 Å². The highest BCUT2D eigenvalue weighted by Gasteiger charge is 2.23. The van der Waals surface area contributed by atoms with Gasteiger partial charge in [0, 0.05) is 0 Å². The molecule has 0 spiro atoms. The summed E-state index contributed by atoms with van der Waals surface area (Å²) >= 11 is 0. The smallest absolute Gasteiger partial charge is 0.361 e. The fourth-order valence-electron chi connectivity index (χ4n) is 2.55. The molecule has 2 aromatic carbocycles. The molecule has 1 N–H and O–H groups in total. The van der Waals surface area contributed by atoms with Gasteiger partial charge in [0.05, 0.1) is 19.3 Å². The van der Waals surface area contributed by atoms with Gasteiger partial charge in [-0.2, -0.15) is 10.3 Å². The average Bonchev–Trinajstić information content (AvgIpc) is 3.16. The van der Waals surface area contributed by atoms with E-state index in [-0.39, 0.29) is 30.4 Å². The molecule has 0 amide bonds. The maximum Gasteiger partial charge on any atom is 0.361 e. The van der Waals surface area contributed by atoms with Crippen LogP contribution in [0.2, 0.25) is 0 Å². The van der Waals surface area contributed by atoms with Gasteiger partial charge in [-0.15, -0.1) is 5.10 Å². The van der Waals surface area contributed by atoms with Crippen molar-refractivity contribution in [1.29, 1.82) is 0 Å². The number of aromatic nitrogens is 3. The van der Waals surface area contributed by atoms with Crippen molar-refractivity contribution < 1.29 is 23.4 Å². The first kappa shape index (κ1) is 18.4. The number of carbonyl (C=O) groups is 1. The van der Waals surface area contributed by atoms with E-state index in [1.165, 1.54) is 19.2 Å². The summed E-state index contributed by atoms with van der Waals surface area (Å²) in [5.41, 5.74) is 1.47. The van der Waals surface area contributed by atoms with E-state index < -0.39 is 5.97 Å². The summed E-state index contributed by atoms with van der Waals surface area (Å²) in [4.78, 5) is 12.1. The molecule has 0 aliphatic rings. The monoisotopic (exact) mass is 371 g/mol. The minimum atomic E-state index is -0.597. The van der Waals surface area contributed by atoms with Crippen molar-refractivity contribution in [3.05, 3.63) is 59.5 Å². The molecule has 0 atom stereocenters. The number of methoxy groups -OCH3 is 1. The van der Waals surface area contributed by atoms with Crippen LogP contribution in [0.3, 0.4) is 0 Å². The minimum absolute atomic E-state index is 0.0423. The van der Waals surface area contributed by atoms with Gasteiger partial charge in [-0.3, -0.25) is 0 Å². The lowest BCUT2D eigenvalue weighted by Crippen LogP contribution is -2.07. The second-order valence-corrected chi connectivity index (χ2v) is 5.50. The van der Waals surface area contributed by atoms with Crippen LogP contribution in [-0.2, 0) is 11.3 Å². The number of para-hydroxylation sites is 1. The minimum Gasteiger partial charge on any atom is -0.493 e. The van der Waals surface area contributed by atoms with Crippen LogP contribution in [0.15, 0.2) is 42.5 Å². The molecule has 7 nitrogen and oxygen atoms in total. The first-order valence-electron chi connectivity index (χ1n) is 8.26. The molecule has 140 valence electrons. The highest BCUT2D eigenvalue weighted by atomic mass is 19.1. The number of nitrogens with one attached hydrogen (secondary N) is 1. The lowest BCUT2D eigenvalue weighted by Gasteiger charge is -2.14. The van der Waals surface area contributed by atoms with Gasteiger partial charge in [0.25, 0.3) is 0 Å². The van der Waals surface area contributed by atoms with Gasteiger partial charge in [0.15, 0.2) is 17.2 Å². The highest BCUT2D eigenvalue weighted by molar-refractivity contribution is 5.95. The zero-order valence-corrected chi connectivity index (χ0v) is 14.9. The van der Waals surface area contributed by atoms with E-state index in [1.807, 2.05) is 0 Å². The van der Waals surface area contributed by atoms with Crippen molar-refractivity contribution in [2.75, 3.05) is 13.7 Å². The molecular formula is C19H18FN3O4. The van der Waals surface area contributed by atoms with Crippen molar-refractivity contribution in [3.8, 4) is 22.8 Å². The number of esters is 1. The van der Waals surface area contributed by atoms with Crippen LogP contribution >= 0.6 is 0 Å².